The Balaban J connectivity index is 1.22. The lowest BCUT2D eigenvalue weighted by molar-refractivity contribution is -0.111. The topological polar surface area (TPSA) is 94.4 Å². The first-order chi connectivity index (χ1) is 21.9. The number of benzene rings is 2. The highest BCUT2D eigenvalue weighted by molar-refractivity contribution is 7.98. The van der Waals surface area contributed by atoms with Gasteiger partial charge in [0.05, 0.1) is 17.1 Å². The van der Waals surface area contributed by atoms with Gasteiger partial charge in [0, 0.05) is 55.7 Å². The van der Waals surface area contributed by atoms with Crippen LogP contribution in [0.4, 0.5) is 27.3 Å². The lowest BCUT2D eigenvalue weighted by Crippen LogP contribution is -2.53. The number of piperidine rings is 1. The highest BCUT2D eigenvalue weighted by Crippen LogP contribution is 2.33. The molecule has 45 heavy (non-hydrogen) atoms. The van der Waals surface area contributed by atoms with Crippen LogP contribution in [0.1, 0.15) is 12.8 Å². The maximum atomic E-state index is 13.6. The number of nitrogens with zero attached hydrogens (tertiary/aromatic N) is 7. The number of hydrogen-bond donors (Lipinski definition) is 2. The molecule has 2 aliphatic rings. The summed E-state index contributed by atoms with van der Waals surface area (Å²) >= 11 is 1.47. The van der Waals surface area contributed by atoms with E-state index in [1.54, 1.807) is 18.3 Å². The van der Waals surface area contributed by atoms with Crippen molar-refractivity contribution in [2.45, 2.75) is 24.0 Å². The molecule has 234 valence electrons. The first-order valence-electron chi connectivity index (χ1n) is 15.2. The van der Waals surface area contributed by atoms with E-state index < -0.39 is 0 Å². The van der Waals surface area contributed by atoms with Gasteiger partial charge in [-0.2, -0.15) is 0 Å². The van der Waals surface area contributed by atoms with E-state index >= 15 is 0 Å². The summed E-state index contributed by atoms with van der Waals surface area (Å²) in [4.78, 5) is 24.4. The second kappa shape index (κ2) is 13.8. The average Bonchev–Trinajstić information content (AvgIpc) is 3.50. The Hall–Kier alpha value is -4.26. The molecule has 0 aliphatic carbocycles. The van der Waals surface area contributed by atoms with Crippen LogP contribution in [0, 0.1) is 5.82 Å². The second-order valence-electron chi connectivity index (χ2n) is 11.4. The molecule has 6 rings (SSSR count). The number of nitrogens with one attached hydrogen (secondary N) is 2. The van der Waals surface area contributed by atoms with Crippen LogP contribution in [0.3, 0.4) is 0 Å². The van der Waals surface area contributed by atoms with Gasteiger partial charge in [0.25, 0.3) is 0 Å². The highest BCUT2D eigenvalue weighted by Gasteiger charge is 2.27. The Morgan fingerprint density at radius 3 is 2.47 bits per heavy atom. The average molecular weight is 628 g/mol. The molecule has 10 nitrogen and oxygen atoms in total. The highest BCUT2D eigenvalue weighted by atomic mass is 32.2. The SMILES string of the molecule is C=CC(=O)Nc1cc(Nc2cc(-n3c(SC)nnc3-c3ccc(F)cc3)ccn2)ccc1N1CCN(C2CCN(C)CC2)CC1. The number of carbonyl (C=O) groups excluding carboxylic acids is 1. The molecular formula is C33H38FN9OS. The van der Waals surface area contributed by atoms with Crippen molar-refractivity contribution in [3.8, 4) is 17.1 Å². The third-order valence-corrected chi connectivity index (χ3v) is 9.12. The molecule has 4 heterocycles. The predicted octanol–water partition coefficient (Wildman–Crippen LogP) is 5.27. The molecule has 2 aliphatic heterocycles. The largest absolute Gasteiger partial charge is 0.367 e. The van der Waals surface area contributed by atoms with Crippen LogP contribution in [0.2, 0.25) is 0 Å². The molecule has 4 aromatic rings. The van der Waals surface area contributed by atoms with Gasteiger partial charge in [-0.15, -0.1) is 10.2 Å². The minimum atomic E-state index is -0.310. The summed E-state index contributed by atoms with van der Waals surface area (Å²) in [5.74, 6) is 0.642. The lowest BCUT2D eigenvalue weighted by atomic mass is 10.0. The monoisotopic (exact) mass is 627 g/mol. The number of amides is 1. The fourth-order valence-electron chi connectivity index (χ4n) is 6.06. The van der Waals surface area contributed by atoms with E-state index in [9.17, 15) is 9.18 Å². The quantitative estimate of drug-likeness (QED) is 0.190. The number of thioether (sulfide) groups is 1. The Morgan fingerprint density at radius 2 is 1.76 bits per heavy atom. The zero-order valence-corrected chi connectivity index (χ0v) is 26.4. The molecule has 0 bridgehead atoms. The number of carbonyl (C=O) groups is 1. The zero-order chi connectivity index (χ0) is 31.3. The van der Waals surface area contributed by atoms with Gasteiger partial charge in [-0.3, -0.25) is 14.3 Å². The van der Waals surface area contributed by atoms with Crippen molar-refractivity contribution in [2.24, 2.45) is 0 Å². The molecule has 12 heteroatoms. The van der Waals surface area contributed by atoms with E-state index in [0.29, 0.717) is 22.8 Å². The van der Waals surface area contributed by atoms with Gasteiger partial charge < -0.3 is 20.4 Å². The molecule has 0 atom stereocenters. The molecule has 2 fully saturated rings. The van der Waals surface area contributed by atoms with Crippen molar-refractivity contribution in [1.29, 1.82) is 0 Å². The Bertz CT molecular complexity index is 1640. The number of piperazine rings is 1. The Kier molecular flexibility index (Phi) is 9.43. The molecular weight excluding hydrogens is 589 g/mol. The summed E-state index contributed by atoms with van der Waals surface area (Å²) < 4.78 is 15.5. The van der Waals surface area contributed by atoms with Crippen LogP contribution < -0.4 is 15.5 Å². The van der Waals surface area contributed by atoms with E-state index in [0.717, 1.165) is 67.6 Å². The van der Waals surface area contributed by atoms with Crippen molar-refractivity contribution in [1.82, 2.24) is 29.5 Å². The zero-order valence-electron chi connectivity index (χ0n) is 25.6. The molecule has 2 saturated heterocycles. The minimum absolute atomic E-state index is 0.260. The number of anilines is 4. The van der Waals surface area contributed by atoms with E-state index in [-0.39, 0.29) is 11.7 Å². The molecule has 1 amide bonds. The summed E-state index contributed by atoms with van der Waals surface area (Å²) in [5, 5.41) is 15.8. The molecule has 0 unspecified atom stereocenters. The number of halogens is 1. The fourth-order valence-corrected chi connectivity index (χ4v) is 6.55. The van der Waals surface area contributed by atoms with Gasteiger partial charge in [-0.1, -0.05) is 18.3 Å². The van der Waals surface area contributed by atoms with E-state index in [1.807, 2.05) is 41.2 Å². The molecule has 2 aromatic heterocycles. The third kappa shape index (κ3) is 7.03. The Labute approximate surface area is 267 Å². The van der Waals surface area contributed by atoms with Crippen molar-refractivity contribution >= 4 is 40.5 Å². The predicted molar refractivity (Wildman–Crippen MR) is 179 cm³/mol. The standard InChI is InChI=1S/C33H38FN9OS/c1-4-31(44)37-28-21-25(9-10-29(28)42-19-17-41(18-20-42)26-12-15-40(2)16-13-26)36-30-22-27(11-14-35-30)43-32(38-39-33(43)45-3)23-5-7-24(34)8-6-23/h4-11,14,21-22,26H,1,12-13,15-20H2,2-3H3,(H,35,36)(H,37,44). The van der Waals surface area contributed by atoms with Crippen LogP contribution in [0.25, 0.3) is 17.1 Å². The van der Waals surface area contributed by atoms with Gasteiger partial charge in [0.15, 0.2) is 11.0 Å². The van der Waals surface area contributed by atoms with Gasteiger partial charge in [-0.25, -0.2) is 9.37 Å². The van der Waals surface area contributed by atoms with Crippen LogP contribution in [-0.4, -0.2) is 94.1 Å². The number of pyridine rings is 1. The maximum absolute atomic E-state index is 13.6. The van der Waals surface area contributed by atoms with Crippen LogP contribution in [0.15, 0.2) is 78.6 Å². The smallest absolute Gasteiger partial charge is 0.247 e. The van der Waals surface area contributed by atoms with Gasteiger partial charge in [-0.05, 0) is 93.8 Å². The first kappa shape index (κ1) is 30.8. The summed E-state index contributed by atoms with van der Waals surface area (Å²) in [5.41, 5.74) is 4.04. The number of rotatable bonds is 9. The molecule has 2 aromatic carbocycles. The fraction of sp³-hybridized carbons (Fsp3) is 0.333. The van der Waals surface area contributed by atoms with Gasteiger partial charge in [0.1, 0.15) is 11.6 Å². The van der Waals surface area contributed by atoms with Crippen molar-refractivity contribution < 1.29 is 9.18 Å². The van der Waals surface area contributed by atoms with Crippen LogP contribution in [-0.2, 0) is 4.79 Å². The first-order valence-corrected chi connectivity index (χ1v) is 16.4. The van der Waals surface area contributed by atoms with Crippen LogP contribution >= 0.6 is 11.8 Å². The summed E-state index contributed by atoms with van der Waals surface area (Å²) in [7, 11) is 2.20. The Morgan fingerprint density at radius 1 is 1.00 bits per heavy atom. The minimum Gasteiger partial charge on any atom is -0.367 e. The number of aromatic nitrogens is 4. The maximum Gasteiger partial charge on any atom is 0.247 e. The molecule has 0 radical (unpaired) electrons. The van der Waals surface area contributed by atoms with E-state index in [2.05, 4.69) is 54.1 Å². The van der Waals surface area contributed by atoms with Gasteiger partial charge in [0.2, 0.25) is 5.91 Å². The normalized spacial score (nSPS) is 16.5. The second-order valence-corrected chi connectivity index (χ2v) is 12.1. The number of hydrogen-bond acceptors (Lipinski definition) is 9. The third-order valence-electron chi connectivity index (χ3n) is 8.49. The molecule has 2 N–H and O–H groups in total. The van der Waals surface area contributed by atoms with E-state index in [1.165, 1.54) is 42.8 Å². The van der Waals surface area contributed by atoms with Crippen molar-refractivity contribution in [3.63, 3.8) is 0 Å². The van der Waals surface area contributed by atoms with Gasteiger partial charge >= 0.3 is 0 Å². The molecule has 0 spiro atoms. The summed E-state index contributed by atoms with van der Waals surface area (Å²) in [6.07, 6.45) is 7.37. The lowest BCUT2D eigenvalue weighted by Gasteiger charge is -2.43. The van der Waals surface area contributed by atoms with Crippen molar-refractivity contribution in [2.75, 3.05) is 68.1 Å². The molecule has 0 saturated carbocycles. The van der Waals surface area contributed by atoms with Crippen molar-refractivity contribution in [3.05, 3.63) is 79.3 Å². The number of likely N-dealkylation sites (tertiary alicyclic amines) is 1. The van der Waals surface area contributed by atoms with E-state index in [4.69, 9.17) is 0 Å². The van der Waals surface area contributed by atoms with Crippen LogP contribution in [0.5, 0.6) is 0 Å². The summed E-state index contributed by atoms with van der Waals surface area (Å²) in [6.45, 7) is 9.75. The summed E-state index contributed by atoms with van der Waals surface area (Å²) in [6, 6.07) is 16.6.